The van der Waals surface area contributed by atoms with Crippen molar-refractivity contribution < 1.29 is 4.39 Å². The molecule has 74 valence electrons. The Kier molecular flexibility index (Phi) is 1.84. The molecule has 1 aromatic carbocycles. The normalized spacial score (nSPS) is 29.8. The first-order valence-electron chi connectivity index (χ1n) is 5.32. The molecule has 1 aliphatic carbocycles. The lowest BCUT2D eigenvalue weighted by atomic mass is 9.74. The molecule has 2 heteroatoms. The highest BCUT2D eigenvalue weighted by molar-refractivity contribution is 5.35. The number of hydrogen-bond donors (Lipinski definition) is 1. The average molecular weight is 191 g/mol. The molecule has 2 aliphatic rings. The summed E-state index contributed by atoms with van der Waals surface area (Å²) in [6.07, 6.45) is 2.16. The van der Waals surface area contributed by atoms with Gasteiger partial charge in [0.1, 0.15) is 5.82 Å². The van der Waals surface area contributed by atoms with E-state index in [0.29, 0.717) is 11.8 Å². The minimum absolute atomic E-state index is 0.000833. The van der Waals surface area contributed by atoms with Crippen LogP contribution in [0.15, 0.2) is 18.2 Å². The Morgan fingerprint density at radius 1 is 1.29 bits per heavy atom. The second-order valence-electron chi connectivity index (χ2n) is 4.47. The molecule has 1 heterocycles. The van der Waals surface area contributed by atoms with Gasteiger partial charge >= 0.3 is 0 Å². The van der Waals surface area contributed by atoms with Gasteiger partial charge in [0.15, 0.2) is 0 Å². The molecule has 0 radical (unpaired) electrons. The van der Waals surface area contributed by atoms with Crippen molar-refractivity contribution in [2.24, 2.45) is 5.92 Å². The third-order valence-electron chi connectivity index (χ3n) is 3.53. The Morgan fingerprint density at radius 2 is 2.21 bits per heavy atom. The highest BCUT2D eigenvalue weighted by Crippen LogP contribution is 2.37. The van der Waals surface area contributed by atoms with Gasteiger partial charge in [-0.05, 0) is 48.4 Å². The predicted molar refractivity (Wildman–Crippen MR) is 53.8 cm³/mol. The third kappa shape index (κ3) is 1.17. The largest absolute Gasteiger partial charge is 0.316 e. The van der Waals surface area contributed by atoms with Crippen LogP contribution >= 0.6 is 0 Å². The lowest BCUT2D eigenvalue weighted by molar-refractivity contribution is 0.313. The van der Waals surface area contributed by atoms with Crippen LogP contribution in [0.3, 0.4) is 0 Å². The van der Waals surface area contributed by atoms with Gasteiger partial charge in [-0.15, -0.1) is 0 Å². The molecule has 0 spiro atoms. The first kappa shape index (κ1) is 8.42. The van der Waals surface area contributed by atoms with Crippen molar-refractivity contribution >= 4 is 0 Å². The lowest BCUT2D eigenvalue weighted by Gasteiger charge is -2.36. The number of rotatable bonds is 0. The Hall–Kier alpha value is -0.890. The number of benzene rings is 1. The molecule has 1 saturated heterocycles. The van der Waals surface area contributed by atoms with Crippen LogP contribution in [0.4, 0.5) is 4.39 Å². The zero-order chi connectivity index (χ0) is 9.54. The summed E-state index contributed by atoms with van der Waals surface area (Å²) >= 11 is 0. The number of halogens is 1. The van der Waals surface area contributed by atoms with Gasteiger partial charge in [-0.3, -0.25) is 0 Å². The van der Waals surface area contributed by atoms with Crippen molar-refractivity contribution in [1.29, 1.82) is 0 Å². The fourth-order valence-corrected chi connectivity index (χ4v) is 2.88. The SMILES string of the molecule is Fc1cccc2c1CC1CNCC2C1. The van der Waals surface area contributed by atoms with Gasteiger partial charge in [-0.1, -0.05) is 12.1 Å². The van der Waals surface area contributed by atoms with E-state index in [4.69, 9.17) is 0 Å². The monoisotopic (exact) mass is 191 g/mol. The minimum atomic E-state index is -0.000833. The molecular formula is C12H14FN. The quantitative estimate of drug-likeness (QED) is 0.662. The van der Waals surface area contributed by atoms with Crippen LogP contribution in [0, 0.1) is 11.7 Å². The predicted octanol–water partition coefficient (Wildman–Crippen LogP) is 2.07. The van der Waals surface area contributed by atoms with Crippen molar-refractivity contribution in [3.8, 4) is 0 Å². The maximum atomic E-state index is 13.6. The summed E-state index contributed by atoms with van der Waals surface area (Å²) in [7, 11) is 0. The molecule has 1 nitrogen and oxygen atoms in total. The van der Waals surface area contributed by atoms with Crippen LogP contribution in [-0.2, 0) is 6.42 Å². The maximum absolute atomic E-state index is 13.6. The molecule has 2 bridgehead atoms. The Labute approximate surface area is 83.3 Å². The number of hydrogen-bond acceptors (Lipinski definition) is 1. The zero-order valence-electron chi connectivity index (χ0n) is 8.09. The van der Waals surface area contributed by atoms with E-state index in [1.807, 2.05) is 6.07 Å². The highest BCUT2D eigenvalue weighted by Gasteiger charge is 2.31. The van der Waals surface area contributed by atoms with Crippen LogP contribution in [0.25, 0.3) is 0 Å². The molecule has 0 aromatic heterocycles. The summed E-state index contributed by atoms with van der Waals surface area (Å²) in [6.45, 7) is 2.08. The van der Waals surface area contributed by atoms with Crippen LogP contribution in [-0.4, -0.2) is 13.1 Å². The number of fused-ring (bicyclic) bond motifs is 4. The second kappa shape index (κ2) is 3.06. The summed E-state index contributed by atoms with van der Waals surface area (Å²) in [6, 6.07) is 5.52. The topological polar surface area (TPSA) is 12.0 Å². The molecule has 2 unspecified atom stereocenters. The molecule has 1 aliphatic heterocycles. The number of nitrogens with one attached hydrogen (secondary N) is 1. The summed E-state index contributed by atoms with van der Waals surface area (Å²) in [5.74, 6) is 1.20. The van der Waals surface area contributed by atoms with Gasteiger partial charge in [0.05, 0.1) is 0 Å². The Balaban J connectivity index is 2.10. The molecule has 14 heavy (non-hydrogen) atoms. The first-order chi connectivity index (χ1) is 6.84. The smallest absolute Gasteiger partial charge is 0.126 e. The first-order valence-corrected chi connectivity index (χ1v) is 5.32. The van der Waals surface area contributed by atoms with Gasteiger partial charge in [-0.2, -0.15) is 0 Å². The van der Waals surface area contributed by atoms with E-state index in [1.54, 1.807) is 6.07 Å². The fourth-order valence-electron chi connectivity index (χ4n) is 2.88. The summed E-state index contributed by atoms with van der Waals surface area (Å²) in [5, 5.41) is 3.42. The molecule has 1 N–H and O–H groups in total. The van der Waals surface area contributed by atoms with E-state index in [0.717, 1.165) is 25.1 Å². The molecular weight excluding hydrogens is 177 g/mol. The van der Waals surface area contributed by atoms with E-state index in [1.165, 1.54) is 12.0 Å². The standard InChI is InChI=1S/C12H14FN/c13-12-3-1-2-10-9-4-8(5-11(10)12)6-14-7-9/h1-3,8-9,14H,4-7H2. The van der Waals surface area contributed by atoms with Gasteiger partial charge in [0.2, 0.25) is 0 Å². The van der Waals surface area contributed by atoms with Crippen LogP contribution in [0.5, 0.6) is 0 Å². The lowest BCUT2D eigenvalue weighted by Crippen LogP contribution is -2.39. The zero-order valence-corrected chi connectivity index (χ0v) is 8.09. The van der Waals surface area contributed by atoms with Crippen LogP contribution in [0.2, 0.25) is 0 Å². The van der Waals surface area contributed by atoms with E-state index >= 15 is 0 Å². The van der Waals surface area contributed by atoms with E-state index in [2.05, 4.69) is 11.4 Å². The van der Waals surface area contributed by atoms with Gasteiger partial charge in [0, 0.05) is 6.54 Å². The molecule has 2 atom stereocenters. The Morgan fingerprint density at radius 3 is 3.14 bits per heavy atom. The van der Waals surface area contributed by atoms with Crippen molar-refractivity contribution in [1.82, 2.24) is 5.32 Å². The van der Waals surface area contributed by atoms with Gasteiger partial charge in [0.25, 0.3) is 0 Å². The maximum Gasteiger partial charge on any atom is 0.126 e. The molecule has 0 amide bonds. The molecule has 1 aromatic rings. The number of piperidine rings is 1. The van der Waals surface area contributed by atoms with Crippen LogP contribution < -0.4 is 5.32 Å². The van der Waals surface area contributed by atoms with Crippen molar-refractivity contribution in [3.63, 3.8) is 0 Å². The molecule has 3 rings (SSSR count). The van der Waals surface area contributed by atoms with Crippen molar-refractivity contribution in [3.05, 3.63) is 35.1 Å². The van der Waals surface area contributed by atoms with E-state index < -0.39 is 0 Å². The minimum Gasteiger partial charge on any atom is -0.316 e. The molecule has 0 saturated carbocycles. The Bertz CT molecular complexity index is 361. The average Bonchev–Trinajstić information content (AvgIpc) is 2.20. The summed E-state index contributed by atoms with van der Waals surface area (Å²) < 4.78 is 13.6. The highest BCUT2D eigenvalue weighted by atomic mass is 19.1. The van der Waals surface area contributed by atoms with E-state index in [-0.39, 0.29) is 5.82 Å². The fraction of sp³-hybridized carbons (Fsp3) is 0.500. The van der Waals surface area contributed by atoms with Gasteiger partial charge < -0.3 is 5.32 Å². The van der Waals surface area contributed by atoms with Crippen molar-refractivity contribution in [2.45, 2.75) is 18.8 Å². The van der Waals surface area contributed by atoms with Gasteiger partial charge in [-0.25, -0.2) is 4.39 Å². The second-order valence-corrected chi connectivity index (χ2v) is 4.47. The van der Waals surface area contributed by atoms with E-state index in [9.17, 15) is 4.39 Å². The van der Waals surface area contributed by atoms with Crippen LogP contribution in [0.1, 0.15) is 23.5 Å². The summed E-state index contributed by atoms with van der Waals surface area (Å²) in [5.41, 5.74) is 2.23. The third-order valence-corrected chi connectivity index (χ3v) is 3.53. The molecule has 1 fully saturated rings. The van der Waals surface area contributed by atoms with Crippen molar-refractivity contribution in [2.75, 3.05) is 13.1 Å². The summed E-state index contributed by atoms with van der Waals surface area (Å²) in [4.78, 5) is 0.